The molecule has 1 atom stereocenters. The fourth-order valence-corrected chi connectivity index (χ4v) is 2.55. The van der Waals surface area contributed by atoms with Crippen LogP contribution in [0.1, 0.15) is 24.1 Å². The quantitative estimate of drug-likeness (QED) is 0.779. The van der Waals surface area contributed by atoms with Crippen LogP contribution in [0.2, 0.25) is 0 Å². The predicted octanol–water partition coefficient (Wildman–Crippen LogP) is 2.47. The molecule has 4 heteroatoms. The second-order valence-corrected chi connectivity index (χ2v) is 6.16. The van der Waals surface area contributed by atoms with Gasteiger partial charge in [0.15, 0.2) is 0 Å². The highest BCUT2D eigenvalue weighted by Crippen LogP contribution is 2.19. The molecule has 0 spiro atoms. The van der Waals surface area contributed by atoms with Crippen LogP contribution in [-0.2, 0) is 4.79 Å². The number of hydrogen-bond donors (Lipinski definition) is 1. The van der Waals surface area contributed by atoms with Gasteiger partial charge in [0.2, 0.25) is 5.91 Å². The summed E-state index contributed by atoms with van der Waals surface area (Å²) in [6, 6.07) is 7.92. The van der Waals surface area contributed by atoms with Crippen molar-refractivity contribution < 1.29 is 4.79 Å². The zero-order chi connectivity index (χ0) is 14.3. The number of nitrogens with zero attached hydrogens (tertiary/aromatic N) is 1. The van der Waals surface area contributed by atoms with Gasteiger partial charge in [-0.25, -0.2) is 0 Å². The summed E-state index contributed by atoms with van der Waals surface area (Å²) in [6.45, 7) is 4.90. The molecular weight excluding hydrogens is 256 g/mol. The molecule has 1 rings (SSSR count). The molecule has 0 bridgehead atoms. The summed E-state index contributed by atoms with van der Waals surface area (Å²) in [7, 11) is 3.88. The van der Waals surface area contributed by atoms with Crippen molar-refractivity contribution in [2.45, 2.75) is 19.9 Å². The molecule has 106 valence electrons. The Morgan fingerprint density at radius 1 is 1.42 bits per heavy atom. The van der Waals surface area contributed by atoms with E-state index >= 15 is 0 Å². The first-order valence-corrected chi connectivity index (χ1v) is 7.80. The van der Waals surface area contributed by atoms with Gasteiger partial charge in [0.05, 0.1) is 0 Å². The molecule has 3 nitrogen and oxygen atoms in total. The standard InChI is InChI=1S/C15H24N2OS/c1-5-19-10-9-16-15(18)14(17(3)4)13-8-6-7-12(2)11-13/h6-8,11,14H,5,9-10H2,1-4H3,(H,16,18)/t14-/m0/s1. The van der Waals surface area contributed by atoms with Gasteiger partial charge in [-0.15, -0.1) is 0 Å². The van der Waals surface area contributed by atoms with Crippen molar-refractivity contribution in [1.29, 1.82) is 0 Å². The van der Waals surface area contributed by atoms with Gasteiger partial charge in [0.1, 0.15) is 6.04 Å². The molecule has 0 fully saturated rings. The van der Waals surface area contributed by atoms with E-state index in [0.717, 1.165) is 23.6 Å². The lowest BCUT2D eigenvalue weighted by Gasteiger charge is -2.24. The number of rotatable bonds is 7. The van der Waals surface area contributed by atoms with E-state index in [4.69, 9.17) is 0 Å². The van der Waals surface area contributed by atoms with E-state index in [1.807, 2.05) is 55.9 Å². The smallest absolute Gasteiger partial charge is 0.241 e. The third kappa shape index (κ3) is 5.25. The molecule has 0 unspecified atom stereocenters. The van der Waals surface area contributed by atoms with E-state index in [1.54, 1.807) is 0 Å². The van der Waals surface area contributed by atoms with Crippen molar-refractivity contribution in [3.63, 3.8) is 0 Å². The van der Waals surface area contributed by atoms with Crippen LogP contribution in [0.5, 0.6) is 0 Å². The monoisotopic (exact) mass is 280 g/mol. The van der Waals surface area contributed by atoms with Crippen LogP contribution < -0.4 is 5.32 Å². The fraction of sp³-hybridized carbons (Fsp3) is 0.533. The number of nitrogens with one attached hydrogen (secondary N) is 1. The van der Waals surface area contributed by atoms with Crippen molar-refractivity contribution in [3.8, 4) is 0 Å². The average molecular weight is 280 g/mol. The van der Waals surface area contributed by atoms with Crippen LogP contribution in [-0.4, -0.2) is 43.0 Å². The van der Waals surface area contributed by atoms with Crippen LogP contribution in [0, 0.1) is 6.92 Å². The molecule has 0 heterocycles. The maximum absolute atomic E-state index is 12.3. The Morgan fingerprint density at radius 3 is 2.74 bits per heavy atom. The molecule has 1 aromatic rings. The molecule has 0 aliphatic rings. The summed E-state index contributed by atoms with van der Waals surface area (Å²) < 4.78 is 0. The first-order chi connectivity index (χ1) is 9.06. The minimum Gasteiger partial charge on any atom is -0.354 e. The molecule has 0 radical (unpaired) electrons. The lowest BCUT2D eigenvalue weighted by atomic mass is 10.0. The molecule has 1 N–H and O–H groups in total. The van der Waals surface area contributed by atoms with Crippen molar-refractivity contribution in [2.24, 2.45) is 0 Å². The third-order valence-corrected chi connectivity index (χ3v) is 3.77. The summed E-state index contributed by atoms with van der Waals surface area (Å²) in [6.07, 6.45) is 0. The van der Waals surface area contributed by atoms with Gasteiger partial charge in [-0.2, -0.15) is 11.8 Å². The van der Waals surface area contributed by atoms with E-state index < -0.39 is 0 Å². The fourth-order valence-electron chi connectivity index (χ4n) is 2.01. The van der Waals surface area contributed by atoms with E-state index in [2.05, 4.69) is 18.3 Å². The molecule has 0 saturated heterocycles. The highest BCUT2D eigenvalue weighted by molar-refractivity contribution is 7.99. The first-order valence-electron chi connectivity index (χ1n) is 6.64. The third-order valence-electron chi connectivity index (χ3n) is 2.87. The molecule has 0 aromatic heterocycles. The van der Waals surface area contributed by atoms with Gasteiger partial charge in [-0.1, -0.05) is 36.8 Å². The van der Waals surface area contributed by atoms with Crippen LogP contribution in [0.25, 0.3) is 0 Å². The van der Waals surface area contributed by atoms with Gasteiger partial charge >= 0.3 is 0 Å². The van der Waals surface area contributed by atoms with Crippen LogP contribution >= 0.6 is 11.8 Å². The van der Waals surface area contributed by atoms with E-state index in [1.165, 1.54) is 5.56 Å². The van der Waals surface area contributed by atoms with Gasteiger partial charge < -0.3 is 5.32 Å². The van der Waals surface area contributed by atoms with Crippen LogP contribution in [0.15, 0.2) is 24.3 Å². The molecule has 0 aliphatic heterocycles. The lowest BCUT2D eigenvalue weighted by molar-refractivity contribution is -0.125. The number of thioether (sulfide) groups is 1. The minimum absolute atomic E-state index is 0.0762. The van der Waals surface area contributed by atoms with E-state index in [9.17, 15) is 4.79 Å². The van der Waals surface area contributed by atoms with Crippen LogP contribution in [0.4, 0.5) is 0 Å². The molecule has 19 heavy (non-hydrogen) atoms. The Hall–Kier alpha value is -1.00. The van der Waals surface area contributed by atoms with E-state index in [0.29, 0.717) is 0 Å². The Morgan fingerprint density at radius 2 is 2.16 bits per heavy atom. The summed E-state index contributed by atoms with van der Waals surface area (Å²) in [5, 5.41) is 3.02. The Kier molecular flexibility index (Phi) is 6.95. The number of aryl methyl sites for hydroxylation is 1. The molecule has 1 aromatic carbocycles. The Balaban J connectivity index is 2.69. The second-order valence-electron chi connectivity index (χ2n) is 4.77. The zero-order valence-corrected chi connectivity index (χ0v) is 13.1. The number of hydrogen-bond acceptors (Lipinski definition) is 3. The normalized spacial score (nSPS) is 12.5. The first kappa shape index (κ1) is 16.1. The summed E-state index contributed by atoms with van der Waals surface area (Å²) >= 11 is 1.84. The molecule has 0 saturated carbocycles. The largest absolute Gasteiger partial charge is 0.354 e. The maximum Gasteiger partial charge on any atom is 0.241 e. The highest BCUT2D eigenvalue weighted by Gasteiger charge is 2.22. The Labute approximate surface area is 120 Å². The lowest BCUT2D eigenvalue weighted by Crippen LogP contribution is -2.38. The minimum atomic E-state index is -0.216. The highest BCUT2D eigenvalue weighted by atomic mass is 32.2. The average Bonchev–Trinajstić information content (AvgIpc) is 2.34. The number of carbonyl (C=O) groups excluding carboxylic acids is 1. The summed E-state index contributed by atoms with van der Waals surface area (Å²) in [5.74, 6) is 2.13. The maximum atomic E-state index is 12.3. The van der Waals surface area contributed by atoms with Gasteiger partial charge in [0.25, 0.3) is 0 Å². The number of benzene rings is 1. The number of amides is 1. The molecule has 1 amide bonds. The summed E-state index contributed by atoms with van der Waals surface area (Å²) in [4.78, 5) is 14.3. The number of likely N-dealkylation sites (N-methyl/N-ethyl adjacent to an activating group) is 1. The summed E-state index contributed by atoms with van der Waals surface area (Å²) in [5.41, 5.74) is 2.23. The van der Waals surface area contributed by atoms with Crippen molar-refractivity contribution >= 4 is 17.7 Å². The van der Waals surface area contributed by atoms with Crippen molar-refractivity contribution in [3.05, 3.63) is 35.4 Å². The topological polar surface area (TPSA) is 32.3 Å². The SMILES string of the molecule is CCSCCNC(=O)[C@H](c1cccc(C)c1)N(C)C. The van der Waals surface area contributed by atoms with Gasteiger partial charge in [0, 0.05) is 12.3 Å². The van der Waals surface area contributed by atoms with E-state index in [-0.39, 0.29) is 11.9 Å². The van der Waals surface area contributed by atoms with Crippen molar-refractivity contribution in [1.82, 2.24) is 10.2 Å². The van der Waals surface area contributed by atoms with Gasteiger partial charge in [-0.05, 0) is 32.3 Å². The second kappa shape index (κ2) is 8.23. The van der Waals surface area contributed by atoms with Crippen LogP contribution in [0.3, 0.4) is 0 Å². The molecular formula is C15H24N2OS. The Bertz CT molecular complexity index is 407. The predicted molar refractivity (Wildman–Crippen MR) is 83.6 cm³/mol. The van der Waals surface area contributed by atoms with Crippen molar-refractivity contribution in [2.75, 3.05) is 32.1 Å². The van der Waals surface area contributed by atoms with Gasteiger partial charge in [-0.3, -0.25) is 9.69 Å². The number of carbonyl (C=O) groups is 1. The molecule has 0 aliphatic carbocycles. The zero-order valence-electron chi connectivity index (χ0n) is 12.3.